The second-order valence-corrected chi connectivity index (χ2v) is 8.25. The Kier molecular flexibility index (Phi) is 7.95. The van der Waals surface area contributed by atoms with E-state index in [0.29, 0.717) is 0 Å². The summed E-state index contributed by atoms with van der Waals surface area (Å²) in [6.07, 6.45) is 7.79. The van der Waals surface area contributed by atoms with E-state index in [9.17, 15) is 4.57 Å². The maximum atomic E-state index is 12.3. The third-order valence-electron chi connectivity index (χ3n) is 4.74. The topological polar surface area (TPSA) is 75.1 Å². The molecule has 1 unspecified atom stereocenters. The number of aromatic nitrogens is 3. The van der Waals surface area contributed by atoms with Crippen LogP contribution in [0.2, 0.25) is 0 Å². The van der Waals surface area contributed by atoms with Gasteiger partial charge in [-0.2, -0.15) is 0 Å². The van der Waals surface area contributed by atoms with Crippen LogP contribution < -0.4 is 10.6 Å². The summed E-state index contributed by atoms with van der Waals surface area (Å²) < 4.78 is 15.8. The molecule has 5 rings (SSSR count). The second-order valence-electron chi connectivity index (χ2n) is 6.80. The second kappa shape index (κ2) is 10.7. The molecule has 4 heterocycles. The van der Waals surface area contributed by atoms with Crippen LogP contribution in [-0.2, 0) is 4.57 Å². The van der Waals surface area contributed by atoms with Crippen LogP contribution in [0.4, 0.5) is 0 Å². The van der Waals surface area contributed by atoms with E-state index in [-0.39, 0.29) is 0 Å². The predicted octanol–water partition coefficient (Wildman–Crippen LogP) is 2.77. The minimum atomic E-state index is -1.61. The highest BCUT2D eigenvalue weighted by Crippen LogP contribution is 2.34. The molecule has 2 aromatic rings. The Morgan fingerprint density at radius 3 is 1.96 bits per heavy atom. The molecule has 3 fully saturated rings. The van der Waals surface area contributed by atoms with Crippen molar-refractivity contribution in [1.82, 2.24) is 30.1 Å². The van der Waals surface area contributed by atoms with Gasteiger partial charge in [-0.1, -0.05) is 16.8 Å². The predicted molar refractivity (Wildman–Crippen MR) is 106 cm³/mol. The van der Waals surface area contributed by atoms with Gasteiger partial charge >= 0.3 is 8.10 Å². The molecule has 0 amide bonds. The van der Waals surface area contributed by atoms with E-state index in [1.807, 2.05) is 28.9 Å². The molecular weight excluding hydrogens is 347 g/mol. The number of hydrogen-bond donors (Lipinski definition) is 2. The summed E-state index contributed by atoms with van der Waals surface area (Å²) in [7, 11) is -1.61. The van der Waals surface area contributed by atoms with E-state index in [4.69, 9.17) is 0 Å². The first-order valence-corrected chi connectivity index (χ1v) is 11.0. The van der Waals surface area contributed by atoms with Crippen molar-refractivity contribution in [1.29, 1.82) is 0 Å². The molecule has 1 aromatic carbocycles. The molecule has 142 valence electrons. The fourth-order valence-corrected chi connectivity index (χ4v) is 4.55. The largest absolute Gasteiger partial charge is 0.590 e. The summed E-state index contributed by atoms with van der Waals surface area (Å²) >= 11 is 0. The van der Waals surface area contributed by atoms with Crippen LogP contribution in [-0.4, -0.2) is 58.7 Å². The van der Waals surface area contributed by atoms with Crippen LogP contribution in [0.3, 0.4) is 0 Å². The van der Waals surface area contributed by atoms with Crippen molar-refractivity contribution < 1.29 is 4.57 Å². The molecule has 0 aliphatic carbocycles. The molecule has 2 N–H and O–H groups in total. The third-order valence-corrected chi connectivity index (χ3v) is 6.24. The van der Waals surface area contributed by atoms with Crippen LogP contribution in [0.1, 0.15) is 38.5 Å². The molecule has 0 saturated carbocycles. The number of benzene rings is 1. The number of para-hydroxylation sites is 1. The third kappa shape index (κ3) is 5.55. The van der Waals surface area contributed by atoms with E-state index in [1.54, 1.807) is 0 Å². The molecule has 0 spiro atoms. The zero-order valence-electron chi connectivity index (χ0n) is 15.4. The molecule has 0 radical (unpaired) electrons. The number of nitrogens with zero attached hydrogens (tertiary/aromatic N) is 4. The van der Waals surface area contributed by atoms with E-state index >= 15 is 0 Å². The van der Waals surface area contributed by atoms with Gasteiger partial charge in [0.25, 0.3) is 0 Å². The monoisotopic (exact) mass is 377 g/mol. The number of hydrogen-bond acceptors (Lipinski definition) is 5. The summed E-state index contributed by atoms with van der Waals surface area (Å²) in [6.45, 7) is 6.78. The minimum Gasteiger partial charge on any atom is -0.317 e. The van der Waals surface area contributed by atoms with E-state index in [2.05, 4.69) is 20.9 Å². The molecule has 7 nitrogen and oxygen atoms in total. The summed E-state index contributed by atoms with van der Waals surface area (Å²) in [4.78, 5) is 0. The van der Waals surface area contributed by atoms with Crippen molar-refractivity contribution in [2.75, 3.05) is 39.3 Å². The van der Waals surface area contributed by atoms with Crippen molar-refractivity contribution >= 4 is 19.1 Å². The van der Waals surface area contributed by atoms with Crippen molar-refractivity contribution in [2.24, 2.45) is 0 Å². The highest BCUT2D eigenvalue weighted by molar-refractivity contribution is 7.40. The van der Waals surface area contributed by atoms with Crippen LogP contribution in [0.25, 0.3) is 11.0 Å². The lowest BCUT2D eigenvalue weighted by molar-refractivity contribution is 0.481. The quantitative estimate of drug-likeness (QED) is 0.784. The summed E-state index contributed by atoms with van der Waals surface area (Å²) in [6, 6.07) is 7.60. The lowest BCUT2D eigenvalue weighted by Crippen LogP contribution is -2.13. The van der Waals surface area contributed by atoms with Gasteiger partial charge in [0.15, 0.2) is 0 Å². The van der Waals surface area contributed by atoms with Gasteiger partial charge in [-0.05, 0) is 91.1 Å². The highest BCUT2D eigenvalue weighted by atomic mass is 31.1. The van der Waals surface area contributed by atoms with Crippen LogP contribution >= 0.6 is 8.10 Å². The smallest absolute Gasteiger partial charge is 0.317 e. The van der Waals surface area contributed by atoms with Crippen LogP contribution in [0.15, 0.2) is 24.3 Å². The molecule has 26 heavy (non-hydrogen) atoms. The Labute approximate surface area is 156 Å². The normalized spacial score (nSPS) is 20.4. The molecule has 8 heteroatoms. The number of nitrogens with one attached hydrogen (secondary N) is 2. The van der Waals surface area contributed by atoms with Gasteiger partial charge in [-0.25, -0.2) is 0 Å². The van der Waals surface area contributed by atoms with Crippen molar-refractivity contribution in [2.45, 2.75) is 38.5 Å². The van der Waals surface area contributed by atoms with Crippen LogP contribution in [0, 0.1) is 0 Å². The molecule has 3 aliphatic heterocycles. The average Bonchev–Trinajstić information content (AvgIpc) is 3.50. The van der Waals surface area contributed by atoms with Crippen molar-refractivity contribution in [3.05, 3.63) is 24.3 Å². The molecular formula is C18H30N6OP+. The maximum Gasteiger partial charge on any atom is 0.590 e. The van der Waals surface area contributed by atoms with Gasteiger partial charge in [0, 0.05) is 13.1 Å². The lowest BCUT2D eigenvalue weighted by Gasteiger charge is -1.98. The Balaban J connectivity index is 0.000000159. The molecule has 3 saturated heterocycles. The highest BCUT2D eigenvalue weighted by Gasteiger charge is 2.35. The average molecular weight is 377 g/mol. The number of fused-ring (bicyclic) bond motifs is 1. The molecule has 3 aliphatic rings. The minimum absolute atomic E-state index is 0.796. The van der Waals surface area contributed by atoms with Crippen molar-refractivity contribution in [3.8, 4) is 0 Å². The fourth-order valence-electron chi connectivity index (χ4n) is 3.22. The van der Waals surface area contributed by atoms with Crippen LogP contribution in [0.5, 0.6) is 0 Å². The zero-order valence-corrected chi connectivity index (χ0v) is 16.3. The van der Waals surface area contributed by atoms with E-state index in [0.717, 1.165) is 37.0 Å². The molecule has 0 bridgehead atoms. The first-order chi connectivity index (χ1) is 12.9. The summed E-state index contributed by atoms with van der Waals surface area (Å²) in [5, 5.41) is 14.4. The number of rotatable bonds is 2. The summed E-state index contributed by atoms with van der Waals surface area (Å²) in [5.41, 5.74) is 1.64. The SMILES string of the molecule is C1CCNC1.C1CCNC1.O=[P+](N1CCCC1)n1nnc2ccccc21. The first kappa shape index (κ1) is 19.4. The van der Waals surface area contributed by atoms with Gasteiger partial charge in [0.2, 0.25) is 0 Å². The van der Waals surface area contributed by atoms with E-state index in [1.165, 1.54) is 56.3 Å². The van der Waals surface area contributed by atoms with Gasteiger partial charge in [-0.3, -0.25) is 0 Å². The van der Waals surface area contributed by atoms with Crippen molar-refractivity contribution in [3.63, 3.8) is 0 Å². The Morgan fingerprint density at radius 2 is 1.42 bits per heavy atom. The zero-order chi connectivity index (χ0) is 18.0. The lowest BCUT2D eigenvalue weighted by atomic mass is 10.3. The molecule has 1 aromatic heterocycles. The van der Waals surface area contributed by atoms with Gasteiger partial charge in [0.1, 0.15) is 11.0 Å². The van der Waals surface area contributed by atoms with Gasteiger partial charge in [0.05, 0.1) is 0 Å². The summed E-state index contributed by atoms with van der Waals surface area (Å²) in [5.74, 6) is 0. The fraction of sp³-hybridized carbons (Fsp3) is 0.667. The Morgan fingerprint density at radius 1 is 0.846 bits per heavy atom. The Hall–Kier alpha value is -1.40. The first-order valence-electron chi connectivity index (χ1n) is 9.80. The Bertz CT molecular complexity index is 652. The maximum absolute atomic E-state index is 12.3. The standard InChI is InChI=1S/C10H12N4OP.2C4H9N/c15-16(13-7-3-4-8-13)14-10-6-2-1-5-9(10)11-12-14;2*1-2-4-5-3-1/h1-2,5-6H,3-4,7-8H2;2*5H,1-4H2/q+1;;. The van der Waals surface area contributed by atoms with Gasteiger partial charge in [-0.15, -0.1) is 5.10 Å². The van der Waals surface area contributed by atoms with E-state index < -0.39 is 8.10 Å². The van der Waals surface area contributed by atoms with Gasteiger partial charge < -0.3 is 10.6 Å². The molecule has 1 atom stereocenters.